The minimum Gasteiger partial charge on any atom is -0.480 e. The normalized spacial score (nSPS) is 13.7. The van der Waals surface area contributed by atoms with E-state index in [2.05, 4.69) is 25.7 Å². The third-order valence-electron chi connectivity index (χ3n) is 1.76. The van der Waals surface area contributed by atoms with E-state index in [9.17, 15) is 21.6 Å². The quantitative estimate of drug-likeness (QED) is 0.822. The molecular weight excluding hydrogens is 341 g/mol. The fraction of sp³-hybridized carbons (Fsp3) is 0.375. The van der Waals surface area contributed by atoms with Crippen LogP contribution in [0.1, 0.15) is 0 Å². The van der Waals surface area contributed by atoms with E-state index >= 15 is 0 Å². The van der Waals surface area contributed by atoms with Gasteiger partial charge in [0.25, 0.3) is 6.43 Å². The number of ether oxygens (including phenoxy) is 1. The number of halogens is 4. The van der Waals surface area contributed by atoms with Gasteiger partial charge in [0.2, 0.25) is 22.2 Å². The molecule has 1 unspecified atom stereocenters. The number of hydrogen-bond acceptors (Lipinski definition) is 4. The molecule has 0 spiro atoms. The molecule has 0 aliphatic carbocycles. The van der Waals surface area contributed by atoms with Crippen LogP contribution in [0, 0.1) is 0 Å². The highest BCUT2D eigenvalue weighted by Crippen LogP contribution is 2.24. The topological polar surface area (TPSA) is 68.3 Å². The number of rotatable bonds is 5. The first-order valence-corrected chi connectivity index (χ1v) is 6.69. The Bertz CT molecular complexity index is 526. The molecule has 10 heteroatoms. The molecule has 0 saturated carbocycles. The standard InChI is InChI=1S/C8H8BrF3N2O3S/c1-17-8-5(2-4(9)3-13-8)18(15,16)14-7(12)6(10)11/h2-3,6-7,14H,1H3. The van der Waals surface area contributed by atoms with Crippen molar-refractivity contribution in [2.45, 2.75) is 17.6 Å². The number of nitrogens with zero attached hydrogens (tertiary/aromatic N) is 1. The summed E-state index contributed by atoms with van der Waals surface area (Å²) in [5, 5.41) is 0. The average Bonchev–Trinajstić information content (AvgIpc) is 2.28. The lowest BCUT2D eigenvalue weighted by molar-refractivity contribution is 0.0440. The molecule has 0 aliphatic rings. The van der Waals surface area contributed by atoms with Crippen molar-refractivity contribution in [3.63, 3.8) is 0 Å². The van der Waals surface area contributed by atoms with E-state index in [0.717, 1.165) is 13.2 Å². The fourth-order valence-corrected chi connectivity index (χ4v) is 2.67. The van der Waals surface area contributed by atoms with Crippen LogP contribution >= 0.6 is 15.9 Å². The summed E-state index contributed by atoms with van der Waals surface area (Å²) in [6.45, 7) is 0. The fourth-order valence-electron chi connectivity index (χ4n) is 1.02. The van der Waals surface area contributed by atoms with Gasteiger partial charge in [-0.25, -0.2) is 26.6 Å². The number of hydrogen-bond donors (Lipinski definition) is 1. The molecule has 0 amide bonds. The summed E-state index contributed by atoms with van der Waals surface area (Å²) >= 11 is 2.96. The van der Waals surface area contributed by atoms with Gasteiger partial charge in [-0.1, -0.05) is 0 Å². The van der Waals surface area contributed by atoms with E-state index in [1.165, 1.54) is 10.9 Å². The third-order valence-corrected chi connectivity index (χ3v) is 3.60. The summed E-state index contributed by atoms with van der Waals surface area (Å²) in [4.78, 5) is 3.08. The zero-order valence-corrected chi connectivity index (χ0v) is 11.3. The third kappa shape index (κ3) is 3.56. The van der Waals surface area contributed by atoms with Crippen LogP contribution < -0.4 is 9.46 Å². The zero-order chi connectivity index (χ0) is 13.9. The SMILES string of the molecule is COc1ncc(Br)cc1S(=O)(=O)NC(F)C(F)F. The van der Waals surface area contributed by atoms with Crippen molar-refractivity contribution in [3.8, 4) is 5.88 Å². The summed E-state index contributed by atoms with van der Waals surface area (Å²) in [6, 6.07) is 1.06. The number of sulfonamides is 1. The Kier molecular flexibility index (Phi) is 4.93. The van der Waals surface area contributed by atoms with E-state index in [-0.39, 0.29) is 10.4 Å². The summed E-state index contributed by atoms with van der Waals surface area (Å²) in [7, 11) is -3.34. The molecule has 0 radical (unpaired) electrons. The maximum absolute atomic E-state index is 12.7. The molecular formula is C8H8BrF3N2O3S. The van der Waals surface area contributed by atoms with Crippen LogP contribution in [0.25, 0.3) is 0 Å². The highest BCUT2D eigenvalue weighted by Gasteiger charge is 2.29. The molecule has 0 saturated heterocycles. The minimum absolute atomic E-state index is 0.274. The van der Waals surface area contributed by atoms with Gasteiger partial charge in [0.1, 0.15) is 4.90 Å². The first-order valence-electron chi connectivity index (χ1n) is 4.42. The summed E-state index contributed by atoms with van der Waals surface area (Å²) in [6.07, 6.45) is -5.22. The van der Waals surface area contributed by atoms with Crippen LogP contribution in [0.4, 0.5) is 13.2 Å². The second kappa shape index (κ2) is 5.85. The molecule has 1 heterocycles. The van der Waals surface area contributed by atoms with Crippen LogP contribution in [0.5, 0.6) is 5.88 Å². The highest BCUT2D eigenvalue weighted by atomic mass is 79.9. The number of pyridine rings is 1. The molecule has 1 aromatic heterocycles. The summed E-state index contributed by atoms with van der Waals surface area (Å²) in [5.41, 5.74) is 0. The molecule has 1 aromatic rings. The summed E-state index contributed by atoms with van der Waals surface area (Å²) < 4.78 is 66.1. The summed E-state index contributed by atoms with van der Waals surface area (Å²) in [5.74, 6) is -0.327. The van der Waals surface area contributed by atoms with Gasteiger partial charge in [0, 0.05) is 10.7 Å². The lowest BCUT2D eigenvalue weighted by Crippen LogP contribution is -2.36. The van der Waals surface area contributed by atoms with Crippen molar-refractivity contribution in [2.75, 3.05) is 7.11 Å². The van der Waals surface area contributed by atoms with E-state index in [1.807, 2.05) is 0 Å². The minimum atomic E-state index is -4.49. The second-order valence-electron chi connectivity index (χ2n) is 3.02. The first-order chi connectivity index (χ1) is 8.27. The lowest BCUT2D eigenvalue weighted by atomic mass is 10.5. The van der Waals surface area contributed by atoms with Gasteiger partial charge >= 0.3 is 0 Å². The van der Waals surface area contributed by atoms with Crippen LogP contribution in [0.2, 0.25) is 0 Å². The van der Waals surface area contributed by atoms with Crippen molar-refractivity contribution < 1.29 is 26.3 Å². The van der Waals surface area contributed by atoms with Crippen molar-refractivity contribution in [1.82, 2.24) is 9.71 Å². The lowest BCUT2D eigenvalue weighted by Gasteiger charge is -2.12. The van der Waals surface area contributed by atoms with Crippen LogP contribution in [-0.2, 0) is 10.0 Å². The van der Waals surface area contributed by atoms with Gasteiger partial charge in [0.05, 0.1) is 7.11 Å². The first kappa shape index (κ1) is 15.2. The molecule has 5 nitrogen and oxygen atoms in total. The Morgan fingerprint density at radius 1 is 1.44 bits per heavy atom. The largest absolute Gasteiger partial charge is 0.480 e. The van der Waals surface area contributed by atoms with Crippen LogP contribution in [0.3, 0.4) is 0 Å². The molecule has 1 rings (SSSR count). The molecule has 1 N–H and O–H groups in total. The molecule has 1 atom stereocenters. The molecule has 0 aliphatic heterocycles. The highest BCUT2D eigenvalue weighted by molar-refractivity contribution is 9.10. The number of alkyl halides is 3. The molecule has 0 bridgehead atoms. The van der Waals surface area contributed by atoms with Gasteiger partial charge in [-0.2, -0.15) is 4.72 Å². The van der Waals surface area contributed by atoms with Crippen molar-refractivity contribution in [1.29, 1.82) is 0 Å². The van der Waals surface area contributed by atoms with Crippen LogP contribution in [-0.4, -0.2) is 33.2 Å². The predicted octanol–water partition coefficient (Wildman–Crippen LogP) is 1.69. The number of aromatic nitrogens is 1. The molecule has 0 fully saturated rings. The van der Waals surface area contributed by atoms with Crippen molar-refractivity contribution in [2.24, 2.45) is 0 Å². The van der Waals surface area contributed by atoms with E-state index in [1.54, 1.807) is 0 Å². The Balaban J connectivity index is 3.15. The number of nitrogens with one attached hydrogen (secondary N) is 1. The van der Waals surface area contributed by atoms with Crippen molar-refractivity contribution in [3.05, 3.63) is 16.7 Å². The Morgan fingerprint density at radius 3 is 2.56 bits per heavy atom. The van der Waals surface area contributed by atoms with Crippen LogP contribution in [0.15, 0.2) is 21.6 Å². The maximum Gasteiger partial charge on any atom is 0.283 e. The molecule has 18 heavy (non-hydrogen) atoms. The Hall–Kier alpha value is -0.870. The van der Waals surface area contributed by atoms with Gasteiger partial charge < -0.3 is 4.74 Å². The van der Waals surface area contributed by atoms with Gasteiger partial charge in [-0.15, -0.1) is 0 Å². The van der Waals surface area contributed by atoms with E-state index < -0.39 is 27.6 Å². The zero-order valence-electron chi connectivity index (χ0n) is 8.90. The molecule has 0 aromatic carbocycles. The van der Waals surface area contributed by atoms with E-state index in [4.69, 9.17) is 0 Å². The monoisotopic (exact) mass is 348 g/mol. The van der Waals surface area contributed by atoms with Gasteiger partial charge in [-0.3, -0.25) is 0 Å². The Morgan fingerprint density at radius 2 is 2.06 bits per heavy atom. The Labute approximate surface area is 110 Å². The smallest absolute Gasteiger partial charge is 0.283 e. The second-order valence-corrected chi connectivity index (χ2v) is 5.62. The van der Waals surface area contributed by atoms with Gasteiger partial charge in [0.15, 0.2) is 0 Å². The average molecular weight is 349 g/mol. The predicted molar refractivity (Wildman–Crippen MR) is 59.7 cm³/mol. The van der Waals surface area contributed by atoms with Crippen molar-refractivity contribution >= 4 is 26.0 Å². The maximum atomic E-state index is 12.7. The van der Waals surface area contributed by atoms with Gasteiger partial charge in [-0.05, 0) is 22.0 Å². The number of methoxy groups -OCH3 is 1. The van der Waals surface area contributed by atoms with E-state index in [0.29, 0.717) is 0 Å². The molecule has 102 valence electrons.